The summed E-state index contributed by atoms with van der Waals surface area (Å²) in [5.74, 6) is -1.24. The highest BCUT2D eigenvalue weighted by atomic mass is 35.5. The van der Waals surface area contributed by atoms with Gasteiger partial charge < -0.3 is 5.32 Å². The number of anilines is 1. The number of nitrogens with one attached hydrogen (secondary N) is 1. The third-order valence-corrected chi connectivity index (χ3v) is 2.50. The van der Waals surface area contributed by atoms with E-state index in [0.29, 0.717) is 0 Å². The van der Waals surface area contributed by atoms with E-state index in [1.807, 2.05) is 0 Å². The molecule has 1 amide bonds. The summed E-state index contributed by atoms with van der Waals surface area (Å²) >= 11 is 5.89. The lowest BCUT2D eigenvalue weighted by Crippen LogP contribution is -2.11. The minimum atomic E-state index is -0.821. The zero-order valence-corrected chi connectivity index (χ0v) is 10.7. The summed E-state index contributed by atoms with van der Waals surface area (Å²) in [6.07, 6.45) is 0. The van der Waals surface area contributed by atoms with Crippen LogP contribution in [0.5, 0.6) is 0 Å². The second kappa shape index (κ2) is 5.67. The third kappa shape index (κ3) is 3.20. The molecule has 96 valence electrons. The molecule has 2 aromatic carbocycles. The number of benzene rings is 2. The first kappa shape index (κ1) is 8.12. The lowest BCUT2D eigenvalue weighted by molar-refractivity contribution is -0.114. The van der Waals surface area contributed by atoms with Crippen molar-refractivity contribution in [2.45, 2.75) is 6.92 Å². The quantitative estimate of drug-likeness (QED) is 0.873. The molecular formula is C15H12ClNO2. The van der Waals surface area contributed by atoms with Gasteiger partial charge in [0, 0.05) is 23.1 Å². The van der Waals surface area contributed by atoms with Crippen molar-refractivity contribution in [3.63, 3.8) is 0 Å². The van der Waals surface area contributed by atoms with Gasteiger partial charge in [0.15, 0.2) is 5.78 Å². The van der Waals surface area contributed by atoms with E-state index < -0.39 is 47.5 Å². The minimum Gasteiger partial charge on any atom is -0.326 e. The van der Waals surface area contributed by atoms with Gasteiger partial charge in [0.1, 0.15) is 0 Å². The first-order valence-corrected chi connectivity index (χ1v) is 5.71. The molecule has 0 unspecified atom stereocenters. The molecule has 0 bridgehead atoms. The van der Waals surface area contributed by atoms with Crippen LogP contribution in [0.15, 0.2) is 48.4 Å². The van der Waals surface area contributed by atoms with Crippen LogP contribution in [0, 0.1) is 0 Å². The Kier molecular flexibility index (Phi) is 2.43. The molecule has 0 aliphatic carbocycles. The van der Waals surface area contributed by atoms with Gasteiger partial charge >= 0.3 is 0 Å². The molecule has 2 aromatic rings. The number of amides is 1. The van der Waals surface area contributed by atoms with Gasteiger partial charge in [0.05, 0.1) is 12.5 Å². The van der Waals surface area contributed by atoms with Crippen LogP contribution in [0.4, 0.5) is 5.69 Å². The van der Waals surface area contributed by atoms with Gasteiger partial charge in [-0.3, -0.25) is 9.59 Å². The van der Waals surface area contributed by atoms with E-state index in [9.17, 15) is 9.59 Å². The van der Waals surface area contributed by atoms with Gasteiger partial charge in [-0.1, -0.05) is 41.8 Å². The summed E-state index contributed by atoms with van der Waals surface area (Å²) in [6, 6.07) is 1.12. The van der Waals surface area contributed by atoms with Gasteiger partial charge in [-0.2, -0.15) is 0 Å². The average molecular weight is 279 g/mol. The Morgan fingerprint density at radius 1 is 1.21 bits per heavy atom. The van der Waals surface area contributed by atoms with E-state index in [4.69, 9.17) is 18.5 Å². The fourth-order valence-corrected chi connectivity index (χ4v) is 1.67. The number of hydrogen-bond acceptors (Lipinski definition) is 2. The van der Waals surface area contributed by atoms with Gasteiger partial charge in [-0.15, -0.1) is 0 Å². The molecule has 0 aliphatic rings. The molecule has 19 heavy (non-hydrogen) atoms. The van der Waals surface area contributed by atoms with Crippen molar-refractivity contribution in [2.24, 2.45) is 0 Å². The Balaban J connectivity index is 2.71. The van der Waals surface area contributed by atoms with E-state index in [-0.39, 0.29) is 16.3 Å². The largest absolute Gasteiger partial charge is 0.326 e. The fourth-order valence-electron chi connectivity index (χ4n) is 1.50. The number of halogens is 1. The molecule has 0 spiro atoms. The Bertz CT molecular complexity index is 840. The average Bonchev–Trinajstić information content (AvgIpc) is 2.52. The van der Waals surface area contributed by atoms with Crippen molar-refractivity contribution in [1.29, 1.82) is 0 Å². The van der Waals surface area contributed by atoms with Crippen LogP contribution in [0.2, 0.25) is 5.02 Å². The molecule has 0 saturated heterocycles. The fraction of sp³-hybridized carbons (Fsp3) is 0.0667. The van der Waals surface area contributed by atoms with Crippen LogP contribution in [0.1, 0.15) is 29.7 Å². The van der Waals surface area contributed by atoms with Crippen molar-refractivity contribution in [3.05, 3.63) is 64.6 Å². The maximum atomic E-state index is 12.8. The molecule has 0 aromatic heterocycles. The lowest BCUT2D eigenvalue weighted by Gasteiger charge is -2.09. The summed E-state index contributed by atoms with van der Waals surface area (Å²) in [5.41, 5.74) is -0.394. The highest BCUT2D eigenvalue weighted by Gasteiger charge is 2.14. The van der Waals surface area contributed by atoms with Crippen LogP contribution in [0.25, 0.3) is 0 Å². The molecule has 0 aliphatic heterocycles. The molecule has 0 saturated carbocycles. The monoisotopic (exact) mass is 278 g/mol. The Morgan fingerprint density at radius 2 is 1.89 bits per heavy atom. The SMILES string of the molecule is [2H]c1c([2H])c([2H])c(C(=O)c2cc(Cl)ccc2NC(C)=O)c([2H])c1[2H]. The number of carbonyl (C=O) groups is 2. The Labute approximate surface area is 123 Å². The topological polar surface area (TPSA) is 46.2 Å². The zero-order valence-electron chi connectivity index (χ0n) is 14.9. The van der Waals surface area contributed by atoms with Gasteiger partial charge in [0.25, 0.3) is 0 Å². The second-order valence-electron chi connectivity index (χ2n) is 3.70. The summed E-state index contributed by atoms with van der Waals surface area (Å²) in [5, 5.41) is 2.67. The van der Waals surface area contributed by atoms with Gasteiger partial charge in [-0.25, -0.2) is 0 Å². The molecule has 0 heterocycles. The van der Waals surface area contributed by atoms with E-state index in [2.05, 4.69) is 5.32 Å². The Hall–Kier alpha value is -2.13. The second-order valence-corrected chi connectivity index (χ2v) is 4.14. The van der Waals surface area contributed by atoms with Crippen molar-refractivity contribution in [1.82, 2.24) is 0 Å². The molecule has 1 N–H and O–H groups in total. The van der Waals surface area contributed by atoms with Gasteiger partial charge in [0.2, 0.25) is 5.91 Å². The number of hydrogen-bond donors (Lipinski definition) is 1. The minimum absolute atomic E-state index is 0.0590. The lowest BCUT2D eigenvalue weighted by atomic mass is 10.0. The van der Waals surface area contributed by atoms with Crippen LogP contribution in [-0.2, 0) is 4.79 Å². The van der Waals surface area contributed by atoms with Gasteiger partial charge in [-0.05, 0) is 18.2 Å². The number of carbonyl (C=O) groups excluding carboxylic acids is 2. The summed E-state index contributed by atoms with van der Waals surface area (Å²) < 4.78 is 38.6. The maximum absolute atomic E-state index is 12.8. The predicted octanol–water partition coefficient (Wildman–Crippen LogP) is 3.53. The Morgan fingerprint density at radius 3 is 2.53 bits per heavy atom. The van der Waals surface area contributed by atoms with Crippen molar-refractivity contribution in [3.8, 4) is 0 Å². The molecule has 0 fully saturated rings. The third-order valence-electron chi connectivity index (χ3n) is 2.26. The predicted molar refractivity (Wildman–Crippen MR) is 75.6 cm³/mol. The van der Waals surface area contributed by atoms with Crippen molar-refractivity contribution >= 4 is 29.0 Å². The molecule has 0 radical (unpaired) electrons. The van der Waals surface area contributed by atoms with Crippen molar-refractivity contribution in [2.75, 3.05) is 5.32 Å². The summed E-state index contributed by atoms with van der Waals surface area (Å²) in [4.78, 5) is 24.1. The van der Waals surface area contributed by atoms with E-state index in [1.165, 1.54) is 25.1 Å². The standard InChI is InChI=1S/C15H12ClNO2/c1-10(18)17-14-8-7-12(16)9-13(14)15(19)11-5-3-2-4-6-11/h2-9H,1H3,(H,17,18)/i2D,3D,4D,5D,6D. The van der Waals surface area contributed by atoms with E-state index in [1.54, 1.807) is 0 Å². The molecular weight excluding hydrogens is 262 g/mol. The molecule has 4 heteroatoms. The van der Waals surface area contributed by atoms with Crippen LogP contribution < -0.4 is 5.32 Å². The summed E-state index contributed by atoms with van der Waals surface area (Å²) in [6.45, 7) is 1.26. The van der Waals surface area contributed by atoms with Crippen molar-refractivity contribution < 1.29 is 16.4 Å². The first-order chi connectivity index (χ1) is 11.1. The molecule has 3 nitrogen and oxygen atoms in total. The highest BCUT2D eigenvalue weighted by molar-refractivity contribution is 6.31. The first-order valence-electron chi connectivity index (χ1n) is 7.84. The number of rotatable bonds is 3. The van der Waals surface area contributed by atoms with E-state index in [0.717, 1.165) is 0 Å². The normalized spacial score (nSPS) is 13.7. The molecule has 2 rings (SSSR count). The maximum Gasteiger partial charge on any atom is 0.221 e. The summed E-state index contributed by atoms with van der Waals surface area (Å²) in [7, 11) is 0. The van der Waals surface area contributed by atoms with Crippen LogP contribution >= 0.6 is 11.6 Å². The smallest absolute Gasteiger partial charge is 0.221 e. The van der Waals surface area contributed by atoms with E-state index >= 15 is 0 Å². The number of ketones is 1. The molecule has 0 atom stereocenters. The highest BCUT2D eigenvalue weighted by Crippen LogP contribution is 2.23. The van der Waals surface area contributed by atoms with Crippen LogP contribution in [0.3, 0.4) is 0 Å². The van der Waals surface area contributed by atoms with Crippen LogP contribution in [-0.4, -0.2) is 11.7 Å². The zero-order chi connectivity index (χ0) is 18.2.